The Hall–Kier alpha value is -1.61. The van der Waals surface area contributed by atoms with Crippen LogP contribution < -0.4 is 10.6 Å². The smallest absolute Gasteiger partial charge is 0.191 e. The average Bonchev–Trinajstić information content (AvgIpc) is 3.50. The molecule has 8 nitrogen and oxygen atoms in total. The van der Waals surface area contributed by atoms with E-state index in [1.54, 1.807) is 6.26 Å². The number of nitrogens with one attached hydrogen (secondary N) is 2. The monoisotopic (exact) mass is 433 g/mol. The molecule has 1 atom stereocenters. The Morgan fingerprint density at radius 3 is 2.65 bits per heavy atom. The number of rotatable bonds is 9. The second-order valence-corrected chi connectivity index (χ2v) is 8.89. The molecule has 0 aliphatic carbocycles. The molecule has 1 aromatic heterocycles. The SMILES string of the molecule is c1coc(CCNC(=NCCN2CCOCC2)NC2CCN(CC3CCOC3)CC2)c1. The van der Waals surface area contributed by atoms with E-state index in [-0.39, 0.29) is 0 Å². The van der Waals surface area contributed by atoms with Crippen LogP contribution >= 0.6 is 0 Å². The first-order valence-electron chi connectivity index (χ1n) is 12.0. The Balaban J connectivity index is 1.22. The maximum Gasteiger partial charge on any atom is 0.191 e. The lowest BCUT2D eigenvalue weighted by Crippen LogP contribution is -2.50. The van der Waals surface area contributed by atoms with Crippen LogP contribution in [0.1, 0.15) is 25.0 Å². The Morgan fingerprint density at radius 2 is 1.90 bits per heavy atom. The summed E-state index contributed by atoms with van der Waals surface area (Å²) in [6.45, 7) is 11.7. The van der Waals surface area contributed by atoms with Gasteiger partial charge in [0.2, 0.25) is 0 Å². The van der Waals surface area contributed by atoms with Crippen molar-refractivity contribution in [2.75, 3.05) is 78.8 Å². The summed E-state index contributed by atoms with van der Waals surface area (Å²) in [5.74, 6) is 2.66. The fraction of sp³-hybridized carbons (Fsp3) is 0.783. The van der Waals surface area contributed by atoms with Crippen LogP contribution in [0.2, 0.25) is 0 Å². The van der Waals surface area contributed by atoms with Crippen LogP contribution in [-0.2, 0) is 15.9 Å². The second-order valence-electron chi connectivity index (χ2n) is 8.89. The highest BCUT2D eigenvalue weighted by molar-refractivity contribution is 5.80. The molecule has 3 saturated heterocycles. The van der Waals surface area contributed by atoms with E-state index in [1.807, 2.05) is 12.1 Å². The molecule has 4 heterocycles. The van der Waals surface area contributed by atoms with Crippen molar-refractivity contribution in [2.24, 2.45) is 10.9 Å². The fourth-order valence-corrected chi connectivity index (χ4v) is 4.59. The summed E-state index contributed by atoms with van der Waals surface area (Å²) >= 11 is 0. The number of morpholine rings is 1. The molecule has 3 aliphatic heterocycles. The molecule has 1 unspecified atom stereocenters. The Morgan fingerprint density at radius 1 is 1.03 bits per heavy atom. The quantitative estimate of drug-likeness (QED) is 0.448. The van der Waals surface area contributed by atoms with Crippen LogP contribution in [0.15, 0.2) is 27.8 Å². The number of guanidine groups is 1. The molecule has 0 spiro atoms. The minimum absolute atomic E-state index is 0.481. The van der Waals surface area contributed by atoms with Gasteiger partial charge in [-0.15, -0.1) is 0 Å². The molecule has 0 bridgehead atoms. The number of hydrogen-bond acceptors (Lipinski definition) is 6. The maximum atomic E-state index is 5.54. The first-order chi connectivity index (χ1) is 15.3. The van der Waals surface area contributed by atoms with Gasteiger partial charge < -0.3 is 29.4 Å². The van der Waals surface area contributed by atoms with Crippen LogP contribution in [0.25, 0.3) is 0 Å². The van der Waals surface area contributed by atoms with Crippen molar-refractivity contribution in [3.05, 3.63) is 24.2 Å². The third-order valence-electron chi connectivity index (χ3n) is 6.50. The van der Waals surface area contributed by atoms with Crippen LogP contribution in [-0.4, -0.2) is 101 Å². The van der Waals surface area contributed by atoms with Crippen molar-refractivity contribution in [3.63, 3.8) is 0 Å². The van der Waals surface area contributed by atoms with Gasteiger partial charge in [-0.1, -0.05) is 0 Å². The number of furan rings is 1. The standard InChI is InChI=1S/C23H39N5O3/c1-2-22(31-14-1)3-7-24-23(25-8-11-27-12-16-29-17-13-27)26-21-4-9-28(10-5-21)18-20-6-15-30-19-20/h1-2,14,20-21H,3-13,15-19H2,(H2,24,25,26). The predicted molar refractivity (Wildman–Crippen MR) is 121 cm³/mol. The van der Waals surface area contributed by atoms with E-state index in [2.05, 4.69) is 20.4 Å². The summed E-state index contributed by atoms with van der Waals surface area (Å²) in [5.41, 5.74) is 0. The lowest BCUT2D eigenvalue weighted by atomic mass is 10.0. The number of aliphatic imine (C=N–C) groups is 1. The Bertz CT molecular complexity index is 634. The first kappa shape index (κ1) is 22.6. The maximum absolute atomic E-state index is 5.54. The summed E-state index contributed by atoms with van der Waals surface area (Å²) in [6.07, 6.45) is 6.14. The van der Waals surface area contributed by atoms with E-state index in [1.165, 1.54) is 13.0 Å². The lowest BCUT2D eigenvalue weighted by molar-refractivity contribution is 0.0394. The number of piperidine rings is 1. The average molecular weight is 434 g/mol. The zero-order chi connectivity index (χ0) is 21.1. The lowest BCUT2D eigenvalue weighted by Gasteiger charge is -2.34. The molecular formula is C23H39N5O3. The Labute approximate surface area is 186 Å². The molecule has 4 rings (SSSR count). The highest BCUT2D eigenvalue weighted by Crippen LogP contribution is 2.17. The molecule has 0 radical (unpaired) electrons. The van der Waals surface area contributed by atoms with Gasteiger partial charge in [-0.2, -0.15) is 0 Å². The topological polar surface area (TPSA) is 74.5 Å². The summed E-state index contributed by atoms with van der Waals surface area (Å²) in [7, 11) is 0. The molecule has 0 aromatic carbocycles. The minimum atomic E-state index is 0.481. The van der Waals surface area contributed by atoms with Crippen molar-refractivity contribution in [1.82, 2.24) is 20.4 Å². The minimum Gasteiger partial charge on any atom is -0.469 e. The van der Waals surface area contributed by atoms with Crippen LogP contribution in [0.3, 0.4) is 0 Å². The highest BCUT2D eigenvalue weighted by Gasteiger charge is 2.24. The van der Waals surface area contributed by atoms with Gasteiger partial charge >= 0.3 is 0 Å². The summed E-state index contributed by atoms with van der Waals surface area (Å²) in [4.78, 5) is 9.92. The van der Waals surface area contributed by atoms with E-state index in [0.717, 1.165) is 109 Å². The predicted octanol–water partition coefficient (Wildman–Crippen LogP) is 1.19. The molecular weight excluding hydrogens is 394 g/mol. The van der Waals surface area contributed by atoms with Gasteiger partial charge in [-0.25, -0.2) is 0 Å². The van der Waals surface area contributed by atoms with Gasteiger partial charge in [0.15, 0.2) is 5.96 Å². The fourth-order valence-electron chi connectivity index (χ4n) is 4.59. The molecule has 0 saturated carbocycles. The number of ether oxygens (including phenoxy) is 2. The molecule has 2 N–H and O–H groups in total. The summed E-state index contributed by atoms with van der Waals surface area (Å²) < 4.78 is 16.4. The Kier molecular flexibility index (Phi) is 9.06. The molecule has 174 valence electrons. The highest BCUT2D eigenvalue weighted by atomic mass is 16.5. The summed E-state index contributed by atoms with van der Waals surface area (Å²) in [6, 6.07) is 4.45. The molecule has 8 heteroatoms. The third-order valence-corrected chi connectivity index (χ3v) is 6.50. The van der Waals surface area contributed by atoms with Gasteiger partial charge in [0, 0.05) is 64.9 Å². The molecule has 3 aliphatic rings. The number of hydrogen-bond donors (Lipinski definition) is 2. The van der Waals surface area contributed by atoms with Crippen molar-refractivity contribution in [3.8, 4) is 0 Å². The normalized spacial score (nSPS) is 24.5. The number of likely N-dealkylation sites (tertiary alicyclic amines) is 1. The van der Waals surface area contributed by atoms with Gasteiger partial charge in [-0.05, 0) is 37.3 Å². The van der Waals surface area contributed by atoms with E-state index in [9.17, 15) is 0 Å². The van der Waals surface area contributed by atoms with Gasteiger partial charge in [0.05, 0.1) is 32.6 Å². The largest absolute Gasteiger partial charge is 0.469 e. The molecule has 1 aromatic rings. The number of nitrogens with zero attached hydrogens (tertiary/aromatic N) is 3. The molecule has 0 amide bonds. The molecule has 3 fully saturated rings. The van der Waals surface area contributed by atoms with E-state index in [4.69, 9.17) is 18.9 Å². The molecule has 31 heavy (non-hydrogen) atoms. The van der Waals surface area contributed by atoms with E-state index in [0.29, 0.717) is 6.04 Å². The zero-order valence-corrected chi connectivity index (χ0v) is 18.8. The van der Waals surface area contributed by atoms with E-state index < -0.39 is 0 Å². The van der Waals surface area contributed by atoms with Gasteiger partial charge in [0.1, 0.15) is 5.76 Å². The van der Waals surface area contributed by atoms with Crippen molar-refractivity contribution in [2.45, 2.75) is 31.7 Å². The van der Waals surface area contributed by atoms with E-state index >= 15 is 0 Å². The second kappa shape index (κ2) is 12.4. The van der Waals surface area contributed by atoms with Gasteiger partial charge in [0.25, 0.3) is 0 Å². The third kappa shape index (κ3) is 7.79. The first-order valence-corrected chi connectivity index (χ1v) is 12.0. The van der Waals surface area contributed by atoms with Crippen molar-refractivity contribution in [1.29, 1.82) is 0 Å². The van der Waals surface area contributed by atoms with Crippen LogP contribution in [0.5, 0.6) is 0 Å². The summed E-state index contributed by atoms with van der Waals surface area (Å²) in [5, 5.41) is 7.22. The van der Waals surface area contributed by atoms with Crippen molar-refractivity contribution < 1.29 is 13.9 Å². The zero-order valence-electron chi connectivity index (χ0n) is 18.8. The van der Waals surface area contributed by atoms with Crippen molar-refractivity contribution >= 4 is 5.96 Å². The van der Waals surface area contributed by atoms with Gasteiger partial charge in [-0.3, -0.25) is 9.89 Å². The van der Waals surface area contributed by atoms with Crippen LogP contribution in [0, 0.1) is 5.92 Å². The van der Waals surface area contributed by atoms with Crippen LogP contribution in [0.4, 0.5) is 0 Å².